The van der Waals surface area contributed by atoms with Crippen LogP contribution in [0.25, 0.3) is 0 Å². The Balaban J connectivity index is 2.08. The standard InChI is InChI=1S/C13H21NO/c1-6-12(2,3)14-10-9-7-8-15-11(9)13(10,4)5/h1,9-11,14H,7-8H2,2-5H3. The van der Waals surface area contributed by atoms with Gasteiger partial charge in [0.05, 0.1) is 11.6 Å². The van der Waals surface area contributed by atoms with E-state index in [9.17, 15) is 0 Å². The highest BCUT2D eigenvalue weighted by Crippen LogP contribution is 2.52. The summed E-state index contributed by atoms with van der Waals surface area (Å²) in [5.74, 6) is 3.47. The van der Waals surface area contributed by atoms with Crippen molar-refractivity contribution in [2.75, 3.05) is 6.61 Å². The average molecular weight is 207 g/mol. The zero-order valence-corrected chi connectivity index (χ0v) is 10.1. The van der Waals surface area contributed by atoms with Crippen LogP contribution in [0.3, 0.4) is 0 Å². The van der Waals surface area contributed by atoms with Gasteiger partial charge in [0.2, 0.25) is 0 Å². The quantitative estimate of drug-likeness (QED) is 0.697. The maximum Gasteiger partial charge on any atom is 0.0743 e. The Labute approximate surface area is 92.8 Å². The first-order valence-corrected chi connectivity index (χ1v) is 5.75. The van der Waals surface area contributed by atoms with Crippen molar-refractivity contribution in [1.29, 1.82) is 0 Å². The van der Waals surface area contributed by atoms with Crippen LogP contribution in [-0.2, 0) is 4.74 Å². The molecule has 0 spiro atoms. The van der Waals surface area contributed by atoms with E-state index >= 15 is 0 Å². The van der Waals surface area contributed by atoms with Crippen molar-refractivity contribution in [3.8, 4) is 12.3 Å². The number of ether oxygens (including phenoxy) is 1. The fourth-order valence-corrected chi connectivity index (χ4v) is 3.05. The Bertz CT molecular complexity index is 300. The van der Waals surface area contributed by atoms with E-state index in [4.69, 9.17) is 11.2 Å². The molecule has 84 valence electrons. The largest absolute Gasteiger partial charge is 0.377 e. The van der Waals surface area contributed by atoms with Crippen LogP contribution in [0, 0.1) is 23.7 Å². The number of hydrogen-bond donors (Lipinski definition) is 1. The second-order valence-electron chi connectivity index (χ2n) is 5.96. The van der Waals surface area contributed by atoms with Crippen molar-refractivity contribution < 1.29 is 4.74 Å². The number of terminal acetylenes is 1. The molecule has 1 N–H and O–H groups in total. The molecule has 0 bridgehead atoms. The molecule has 2 fully saturated rings. The fraction of sp³-hybridized carbons (Fsp3) is 0.846. The summed E-state index contributed by atoms with van der Waals surface area (Å²) in [5, 5.41) is 3.59. The highest BCUT2D eigenvalue weighted by atomic mass is 16.5. The van der Waals surface area contributed by atoms with E-state index in [1.165, 1.54) is 6.42 Å². The molecule has 15 heavy (non-hydrogen) atoms. The van der Waals surface area contributed by atoms with Gasteiger partial charge < -0.3 is 4.74 Å². The summed E-state index contributed by atoms with van der Waals surface area (Å²) in [4.78, 5) is 0. The number of fused-ring (bicyclic) bond motifs is 1. The predicted octanol–water partition coefficient (Wildman–Crippen LogP) is 1.80. The number of hydrogen-bond acceptors (Lipinski definition) is 2. The van der Waals surface area contributed by atoms with Crippen LogP contribution in [0.1, 0.15) is 34.1 Å². The first-order chi connectivity index (χ1) is 6.88. The van der Waals surface area contributed by atoms with Crippen molar-refractivity contribution in [3.05, 3.63) is 0 Å². The van der Waals surface area contributed by atoms with Gasteiger partial charge >= 0.3 is 0 Å². The lowest BCUT2D eigenvalue weighted by atomic mass is 9.57. The van der Waals surface area contributed by atoms with Crippen LogP contribution in [0.15, 0.2) is 0 Å². The third kappa shape index (κ3) is 1.58. The van der Waals surface area contributed by atoms with Crippen LogP contribution in [0.5, 0.6) is 0 Å². The summed E-state index contributed by atoms with van der Waals surface area (Å²) < 4.78 is 5.75. The van der Waals surface area contributed by atoms with Crippen molar-refractivity contribution in [2.24, 2.45) is 11.3 Å². The summed E-state index contributed by atoms with van der Waals surface area (Å²) in [7, 11) is 0. The maximum atomic E-state index is 5.75. The molecular weight excluding hydrogens is 186 g/mol. The number of nitrogens with one attached hydrogen (secondary N) is 1. The molecule has 2 aliphatic rings. The molecule has 2 heteroatoms. The molecule has 0 radical (unpaired) electrons. The average Bonchev–Trinajstić information content (AvgIpc) is 2.61. The van der Waals surface area contributed by atoms with Gasteiger partial charge in [-0.15, -0.1) is 6.42 Å². The van der Waals surface area contributed by atoms with Crippen LogP contribution in [0.4, 0.5) is 0 Å². The SMILES string of the molecule is C#CC(C)(C)NC1C2CCOC2C1(C)C. The third-order valence-electron chi connectivity index (χ3n) is 3.98. The molecule has 0 amide bonds. The van der Waals surface area contributed by atoms with Gasteiger partial charge in [-0.05, 0) is 20.3 Å². The van der Waals surface area contributed by atoms with Gasteiger partial charge in [0.15, 0.2) is 0 Å². The van der Waals surface area contributed by atoms with Crippen molar-refractivity contribution in [2.45, 2.75) is 51.8 Å². The molecular formula is C13H21NO. The molecule has 1 saturated heterocycles. The van der Waals surface area contributed by atoms with E-state index in [2.05, 4.69) is 38.9 Å². The molecule has 1 aliphatic heterocycles. The van der Waals surface area contributed by atoms with Gasteiger partial charge in [-0.2, -0.15) is 0 Å². The molecule has 0 aromatic rings. The first-order valence-electron chi connectivity index (χ1n) is 5.75. The maximum absolute atomic E-state index is 5.75. The predicted molar refractivity (Wildman–Crippen MR) is 61.5 cm³/mol. The Morgan fingerprint density at radius 1 is 1.47 bits per heavy atom. The molecule has 1 saturated carbocycles. The van der Waals surface area contributed by atoms with Gasteiger partial charge in [-0.25, -0.2) is 0 Å². The summed E-state index contributed by atoms with van der Waals surface area (Å²) in [6.45, 7) is 9.57. The zero-order chi connectivity index (χ0) is 11.3. The number of rotatable bonds is 2. The fourth-order valence-electron chi connectivity index (χ4n) is 3.05. The minimum atomic E-state index is -0.213. The third-order valence-corrected chi connectivity index (χ3v) is 3.98. The highest BCUT2D eigenvalue weighted by Gasteiger charge is 2.59. The van der Waals surface area contributed by atoms with Gasteiger partial charge in [0.25, 0.3) is 0 Å². The second-order valence-corrected chi connectivity index (χ2v) is 5.96. The first kappa shape index (κ1) is 11.0. The van der Waals surface area contributed by atoms with Crippen molar-refractivity contribution >= 4 is 0 Å². The van der Waals surface area contributed by atoms with Crippen LogP contribution in [0.2, 0.25) is 0 Å². The topological polar surface area (TPSA) is 21.3 Å². The van der Waals surface area contributed by atoms with Gasteiger partial charge in [0, 0.05) is 24.0 Å². The second kappa shape index (κ2) is 3.23. The molecule has 2 nitrogen and oxygen atoms in total. The Kier molecular flexibility index (Phi) is 2.37. The normalized spacial score (nSPS) is 37.9. The van der Waals surface area contributed by atoms with Gasteiger partial charge in [0.1, 0.15) is 0 Å². The summed E-state index contributed by atoms with van der Waals surface area (Å²) in [6.07, 6.45) is 7.12. The molecule has 3 atom stereocenters. The van der Waals surface area contributed by atoms with E-state index in [0.29, 0.717) is 18.1 Å². The molecule has 0 aromatic heterocycles. The summed E-state index contributed by atoms with van der Waals surface area (Å²) in [5.41, 5.74) is 0.00475. The van der Waals surface area contributed by atoms with E-state index in [0.717, 1.165) is 6.61 Å². The Morgan fingerprint density at radius 2 is 2.13 bits per heavy atom. The van der Waals surface area contributed by atoms with Crippen LogP contribution >= 0.6 is 0 Å². The lowest BCUT2D eigenvalue weighted by molar-refractivity contribution is -0.116. The van der Waals surface area contributed by atoms with E-state index in [1.54, 1.807) is 0 Å². The van der Waals surface area contributed by atoms with Gasteiger partial charge in [-0.3, -0.25) is 5.32 Å². The Morgan fingerprint density at radius 3 is 2.73 bits per heavy atom. The summed E-state index contributed by atoms with van der Waals surface area (Å²) in [6, 6.07) is 0.496. The zero-order valence-electron chi connectivity index (χ0n) is 10.1. The van der Waals surface area contributed by atoms with Crippen molar-refractivity contribution in [1.82, 2.24) is 5.32 Å². The summed E-state index contributed by atoms with van der Waals surface area (Å²) >= 11 is 0. The minimum absolute atomic E-state index is 0.213. The van der Waals surface area contributed by atoms with Crippen LogP contribution in [-0.4, -0.2) is 24.3 Å². The van der Waals surface area contributed by atoms with E-state index in [-0.39, 0.29) is 11.0 Å². The molecule has 3 unspecified atom stereocenters. The van der Waals surface area contributed by atoms with E-state index < -0.39 is 0 Å². The molecule has 2 rings (SSSR count). The lowest BCUT2D eigenvalue weighted by Crippen LogP contribution is -2.68. The minimum Gasteiger partial charge on any atom is -0.377 e. The van der Waals surface area contributed by atoms with E-state index in [1.807, 2.05) is 0 Å². The lowest BCUT2D eigenvalue weighted by Gasteiger charge is -2.56. The monoisotopic (exact) mass is 207 g/mol. The van der Waals surface area contributed by atoms with Crippen molar-refractivity contribution in [3.63, 3.8) is 0 Å². The molecule has 0 aromatic carbocycles. The van der Waals surface area contributed by atoms with Gasteiger partial charge in [-0.1, -0.05) is 19.8 Å². The highest BCUT2D eigenvalue weighted by molar-refractivity contribution is 5.17. The smallest absolute Gasteiger partial charge is 0.0743 e. The molecule has 1 heterocycles. The Hall–Kier alpha value is -0.520. The molecule has 1 aliphatic carbocycles. The van der Waals surface area contributed by atoms with Crippen LogP contribution < -0.4 is 5.32 Å².